The van der Waals surface area contributed by atoms with E-state index in [0.717, 1.165) is 5.56 Å². The zero-order valence-corrected chi connectivity index (χ0v) is 16.6. The average molecular weight is 395 g/mol. The van der Waals surface area contributed by atoms with Gasteiger partial charge in [-0.05, 0) is 36.2 Å². The molecule has 1 aliphatic rings. The van der Waals surface area contributed by atoms with Crippen molar-refractivity contribution in [3.63, 3.8) is 0 Å². The molecule has 0 bridgehead atoms. The molecule has 8 nitrogen and oxygen atoms in total. The van der Waals surface area contributed by atoms with Crippen LogP contribution < -0.4 is 25.1 Å². The summed E-state index contributed by atoms with van der Waals surface area (Å²) in [5.41, 5.74) is 2.13. The van der Waals surface area contributed by atoms with E-state index in [1.165, 1.54) is 21.3 Å². The lowest BCUT2D eigenvalue weighted by Gasteiger charge is -2.27. The molecule has 8 heteroatoms. The molecule has 4 rings (SSSR count). The summed E-state index contributed by atoms with van der Waals surface area (Å²) in [4.78, 5) is 29.8. The maximum atomic E-state index is 13.0. The van der Waals surface area contributed by atoms with E-state index in [4.69, 9.17) is 14.2 Å². The molecule has 0 aliphatic carbocycles. The number of nitrogens with zero attached hydrogens (tertiary/aromatic N) is 2. The summed E-state index contributed by atoms with van der Waals surface area (Å²) in [5.74, 6) is 1.13. The van der Waals surface area contributed by atoms with Gasteiger partial charge in [0.05, 0.1) is 26.9 Å². The quantitative estimate of drug-likeness (QED) is 0.730. The van der Waals surface area contributed by atoms with Crippen molar-refractivity contribution in [2.24, 2.45) is 0 Å². The summed E-state index contributed by atoms with van der Waals surface area (Å²) in [6, 6.07) is 7.25. The molecule has 1 amide bonds. The zero-order valence-electron chi connectivity index (χ0n) is 16.6. The third kappa shape index (κ3) is 2.97. The highest BCUT2D eigenvalue weighted by Gasteiger charge is 2.33. The Kier molecular flexibility index (Phi) is 4.62. The van der Waals surface area contributed by atoms with Crippen LogP contribution in [0.3, 0.4) is 0 Å². The molecule has 0 saturated carbocycles. The Morgan fingerprint density at radius 2 is 1.79 bits per heavy atom. The van der Waals surface area contributed by atoms with Crippen LogP contribution in [-0.2, 0) is 4.79 Å². The number of nitrogens with one attached hydrogen (secondary N) is 1. The molecule has 0 saturated heterocycles. The van der Waals surface area contributed by atoms with Crippen LogP contribution in [0.15, 0.2) is 35.3 Å². The van der Waals surface area contributed by atoms with Crippen LogP contribution in [0.25, 0.3) is 5.65 Å². The molecule has 1 N–H and O–H groups in total. The Balaban J connectivity index is 1.99. The van der Waals surface area contributed by atoms with Crippen molar-refractivity contribution in [3.05, 3.63) is 57.5 Å². The van der Waals surface area contributed by atoms with Gasteiger partial charge in [-0.2, -0.15) is 4.98 Å². The highest BCUT2D eigenvalue weighted by molar-refractivity contribution is 5.94. The van der Waals surface area contributed by atoms with Gasteiger partial charge in [0.15, 0.2) is 11.5 Å². The van der Waals surface area contributed by atoms with E-state index < -0.39 is 5.92 Å². The van der Waals surface area contributed by atoms with Crippen LogP contribution in [0.1, 0.15) is 29.0 Å². The molecule has 3 aromatic rings. The maximum Gasteiger partial charge on any atom is 0.279 e. The second-order valence-electron chi connectivity index (χ2n) is 6.83. The van der Waals surface area contributed by atoms with Crippen molar-refractivity contribution < 1.29 is 19.0 Å². The van der Waals surface area contributed by atoms with Crippen molar-refractivity contribution in [2.75, 3.05) is 26.6 Å². The molecule has 150 valence electrons. The first-order valence-corrected chi connectivity index (χ1v) is 9.10. The van der Waals surface area contributed by atoms with Gasteiger partial charge in [-0.1, -0.05) is 6.07 Å². The lowest BCUT2D eigenvalue weighted by atomic mass is 9.86. The number of carbonyl (C=O) groups excluding carboxylic acids is 1. The highest BCUT2D eigenvalue weighted by Crippen LogP contribution is 2.43. The smallest absolute Gasteiger partial charge is 0.279 e. The third-order valence-corrected chi connectivity index (χ3v) is 5.18. The lowest BCUT2D eigenvalue weighted by molar-refractivity contribution is -0.116. The van der Waals surface area contributed by atoms with Gasteiger partial charge in [0.1, 0.15) is 11.5 Å². The fraction of sp³-hybridized carbons (Fsp3) is 0.286. The number of carbonyl (C=O) groups is 1. The summed E-state index contributed by atoms with van der Waals surface area (Å²) in [6.07, 6.45) is 1.89. The van der Waals surface area contributed by atoms with Crippen molar-refractivity contribution >= 4 is 17.4 Å². The van der Waals surface area contributed by atoms with Crippen LogP contribution in [0.5, 0.6) is 17.2 Å². The molecule has 2 aromatic heterocycles. The predicted octanol–water partition coefficient (Wildman–Crippen LogP) is 2.50. The highest BCUT2D eigenvalue weighted by atomic mass is 16.5. The van der Waals surface area contributed by atoms with Gasteiger partial charge in [0.2, 0.25) is 11.7 Å². The van der Waals surface area contributed by atoms with Gasteiger partial charge in [-0.15, -0.1) is 0 Å². The Morgan fingerprint density at radius 3 is 2.41 bits per heavy atom. The molecule has 1 aromatic carbocycles. The first-order chi connectivity index (χ1) is 14.0. The van der Waals surface area contributed by atoms with Crippen LogP contribution in [0.4, 0.5) is 5.82 Å². The van der Waals surface area contributed by atoms with E-state index in [2.05, 4.69) is 10.3 Å². The monoisotopic (exact) mass is 395 g/mol. The summed E-state index contributed by atoms with van der Waals surface area (Å²) in [6.45, 7) is 1.87. The summed E-state index contributed by atoms with van der Waals surface area (Å²) >= 11 is 0. The van der Waals surface area contributed by atoms with Gasteiger partial charge in [-0.3, -0.25) is 14.0 Å². The molecule has 3 heterocycles. The number of benzene rings is 1. The minimum absolute atomic E-state index is 0.112. The fourth-order valence-electron chi connectivity index (χ4n) is 3.82. The topological polar surface area (TPSA) is 91.2 Å². The van der Waals surface area contributed by atoms with E-state index in [-0.39, 0.29) is 17.9 Å². The number of rotatable bonds is 4. The average Bonchev–Trinajstić information content (AvgIpc) is 2.72. The molecule has 0 radical (unpaired) electrons. The summed E-state index contributed by atoms with van der Waals surface area (Å²) < 4.78 is 18.0. The van der Waals surface area contributed by atoms with Crippen molar-refractivity contribution in [1.82, 2.24) is 9.38 Å². The maximum absolute atomic E-state index is 13.0. The first kappa shape index (κ1) is 18.8. The summed E-state index contributed by atoms with van der Waals surface area (Å²) in [7, 11) is 4.57. The number of hydrogen-bond acceptors (Lipinski definition) is 6. The number of pyridine rings is 1. The van der Waals surface area contributed by atoms with E-state index in [0.29, 0.717) is 39.8 Å². The van der Waals surface area contributed by atoms with Gasteiger partial charge in [0.25, 0.3) is 5.56 Å². The molecule has 0 spiro atoms. The second-order valence-corrected chi connectivity index (χ2v) is 6.83. The van der Waals surface area contributed by atoms with Gasteiger partial charge in [-0.25, -0.2) is 0 Å². The van der Waals surface area contributed by atoms with E-state index in [1.807, 2.05) is 19.1 Å². The zero-order chi connectivity index (χ0) is 20.7. The van der Waals surface area contributed by atoms with Crippen molar-refractivity contribution in [3.8, 4) is 17.2 Å². The molecular weight excluding hydrogens is 374 g/mol. The second kappa shape index (κ2) is 7.12. The Bertz CT molecular complexity index is 1160. The predicted molar refractivity (Wildman–Crippen MR) is 107 cm³/mol. The van der Waals surface area contributed by atoms with Crippen LogP contribution in [0.2, 0.25) is 0 Å². The fourth-order valence-corrected chi connectivity index (χ4v) is 3.82. The van der Waals surface area contributed by atoms with E-state index in [1.54, 1.807) is 22.7 Å². The largest absolute Gasteiger partial charge is 0.493 e. The Labute approximate surface area is 167 Å². The van der Waals surface area contributed by atoms with Crippen LogP contribution >= 0.6 is 0 Å². The molecule has 0 fully saturated rings. The Morgan fingerprint density at radius 1 is 1.10 bits per heavy atom. The number of hydrogen-bond donors (Lipinski definition) is 1. The Hall–Kier alpha value is -3.55. The minimum atomic E-state index is -0.495. The number of aromatic nitrogens is 2. The van der Waals surface area contributed by atoms with Gasteiger partial charge in [0, 0.05) is 18.5 Å². The van der Waals surface area contributed by atoms with E-state index in [9.17, 15) is 9.59 Å². The minimum Gasteiger partial charge on any atom is -0.493 e. The number of methoxy groups -OCH3 is 3. The number of ether oxygens (including phenoxy) is 3. The molecule has 1 aliphatic heterocycles. The summed E-state index contributed by atoms with van der Waals surface area (Å²) in [5, 5.41) is 2.85. The van der Waals surface area contributed by atoms with Crippen LogP contribution in [-0.4, -0.2) is 36.6 Å². The third-order valence-electron chi connectivity index (χ3n) is 5.18. The van der Waals surface area contributed by atoms with Gasteiger partial charge < -0.3 is 19.5 Å². The number of anilines is 1. The molecule has 0 unspecified atom stereocenters. The normalized spacial score (nSPS) is 15.6. The number of fused-ring (bicyclic) bond motifs is 3. The molecule has 1 atom stereocenters. The number of amides is 1. The SMILES string of the molecule is COc1cc([C@@H]2CC(=O)Nc3c2c(=O)nc2c(C)cccn32)cc(OC)c1OC. The van der Waals surface area contributed by atoms with Crippen molar-refractivity contribution in [1.29, 1.82) is 0 Å². The number of aryl methyl sites for hydroxylation is 1. The molecular formula is C21H21N3O5. The van der Waals surface area contributed by atoms with Crippen LogP contribution in [0, 0.1) is 6.92 Å². The standard InChI is InChI=1S/C21H21N3O5/c1-11-6-5-7-24-19(11)23-21(26)17-13(10-16(25)22-20(17)24)12-8-14(27-2)18(29-4)15(9-12)28-3/h5-9,13H,10H2,1-4H3,(H,22,25)/t13-/m0/s1. The first-order valence-electron chi connectivity index (χ1n) is 9.10. The van der Waals surface area contributed by atoms with E-state index >= 15 is 0 Å². The van der Waals surface area contributed by atoms with Crippen molar-refractivity contribution in [2.45, 2.75) is 19.3 Å². The lowest BCUT2D eigenvalue weighted by Crippen LogP contribution is -2.32. The van der Waals surface area contributed by atoms with Gasteiger partial charge >= 0.3 is 0 Å². The molecule has 29 heavy (non-hydrogen) atoms.